The third kappa shape index (κ3) is 27.2. The SMILES string of the molecule is C[C@@H]1[N-][C@@H]2CCCC[C@H]2[N-]CC[N-][C@@H]2CCCC[C@H]2[N-][C@@H](C)c2cccc1n2.[CH3-].[CH3-].[Cl][Mn][Cl].[Cl][Mn][Cl].[Cl][Mn][Cl].c1c2c3nc4c1CCCC4[N-][C@@H]1CCCC[C@H]1[N-]CC[N-][C@@H]1CCCC[C@H]1[N-]C3CCC2.c1cc2nc(c1)CNC1CCCC[C@H]1NCCN[C@@H]1CCCCC1NC2. The quantitative estimate of drug-likeness (QED) is 0.127. The second-order valence-corrected chi connectivity index (χ2v) is 33.9. The van der Waals surface area contributed by atoms with E-state index in [1.54, 1.807) is 0 Å². The molecule has 4 N–H and O–H groups in total. The van der Waals surface area contributed by atoms with Gasteiger partial charge in [0.2, 0.25) is 0 Å². The fraction of sp³-hybridized carbons (Fsp3) is 0.767. The van der Waals surface area contributed by atoms with E-state index < -0.39 is 0 Å². The van der Waals surface area contributed by atoms with Crippen LogP contribution in [-0.2, 0) is 65.3 Å². The Morgan fingerprint density at radius 1 is 0.361 bits per heavy atom. The summed E-state index contributed by atoms with van der Waals surface area (Å²) in [6.45, 7) is 11.7. The number of aryl methyl sites for hydroxylation is 2. The zero-order chi connectivity index (χ0) is 66.4. The fourth-order valence-corrected chi connectivity index (χ4v) is 17.0. The third-order valence-corrected chi connectivity index (χ3v) is 21.8. The van der Waals surface area contributed by atoms with Gasteiger partial charge in [0.15, 0.2) is 0 Å². The molecule has 0 aromatic carbocycles. The number of pyridine rings is 3. The van der Waals surface area contributed by atoms with Crippen molar-refractivity contribution in [2.24, 2.45) is 0 Å². The maximum absolute atomic E-state index is 5.47. The topological polar surface area (TPSA) is 200 Å². The minimum atomic E-state index is 0. The Hall–Kier alpha value is 0.268. The molecule has 11 aliphatic rings. The van der Waals surface area contributed by atoms with Crippen LogP contribution in [0.25, 0.3) is 42.5 Å². The average Bonchev–Trinajstić information content (AvgIpc) is 0.845. The number of halogens is 6. The number of nitrogens with one attached hydrogen (secondary N) is 4. The van der Waals surface area contributed by atoms with Crippen molar-refractivity contribution in [1.82, 2.24) is 36.2 Å². The van der Waals surface area contributed by atoms with Gasteiger partial charge in [0.05, 0.1) is 11.4 Å². The summed E-state index contributed by atoms with van der Waals surface area (Å²) in [5, 5.41) is 56.9. The molecule has 14 rings (SSSR count). The molecule has 6 saturated carbocycles. The molecule has 97 heavy (non-hydrogen) atoms. The maximum Gasteiger partial charge on any atom is 0.0545 e. The molecule has 6 fully saturated rings. The van der Waals surface area contributed by atoms with Crippen LogP contribution in [0.3, 0.4) is 0 Å². The van der Waals surface area contributed by atoms with Crippen molar-refractivity contribution in [2.75, 3.05) is 39.3 Å². The van der Waals surface area contributed by atoms with Gasteiger partial charge < -0.3 is 78.7 Å². The van der Waals surface area contributed by atoms with Crippen LogP contribution in [0.4, 0.5) is 0 Å². The Kier molecular flexibility index (Phi) is 41.6. The van der Waals surface area contributed by atoms with E-state index in [2.05, 4.69) is 77.6 Å². The minimum absolute atomic E-state index is 0. The van der Waals surface area contributed by atoms with Gasteiger partial charge in [-0.2, -0.15) is 74.5 Å². The molecule has 0 radical (unpaired) electrons. The molecule has 3 aromatic heterocycles. The number of hydrogen-bond acceptors (Lipinski definition) is 7. The molecule has 16 atom stereocenters. The van der Waals surface area contributed by atoms with Crippen LogP contribution in [0.1, 0.15) is 263 Å². The Balaban J connectivity index is 0.000000192. The zero-order valence-corrected chi connectivity index (χ0v) is 66.5. The van der Waals surface area contributed by atoms with Crippen molar-refractivity contribution >= 4 is 60.6 Å². The van der Waals surface area contributed by atoms with Crippen molar-refractivity contribution in [2.45, 2.75) is 316 Å². The number of aromatic nitrogens is 3. The van der Waals surface area contributed by atoms with Crippen LogP contribution >= 0.6 is 60.6 Å². The summed E-state index contributed by atoms with van der Waals surface area (Å²) in [5.41, 5.74) is 10.0. The van der Waals surface area contributed by atoms with E-state index in [1.165, 1.54) is 201 Å². The van der Waals surface area contributed by atoms with E-state index in [9.17, 15) is 0 Å². The molecule has 3 aromatic rings. The van der Waals surface area contributed by atoms with E-state index in [-0.39, 0.29) is 78.4 Å². The van der Waals surface area contributed by atoms with Crippen LogP contribution in [0.5, 0.6) is 0 Å². The number of rotatable bonds is 0. The fourth-order valence-electron chi connectivity index (χ4n) is 17.0. The summed E-state index contributed by atoms with van der Waals surface area (Å²) >= 11 is 0.0208. The van der Waals surface area contributed by atoms with Gasteiger partial charge in [0.1, 0.15) is 0 Å². The van der Waals surface area contributed by atoms with E-state index in [0.717, 1.165) is 89.4 Å². The first-order valence-electron chi connectivity index (χ1n) is 36.6. The summed E-state index contributed by atoms with van der Waals surface area (Å²) in [6, 6.07) is 21.4. The van der Waals surface area contributed by atoms with E-state index >= 15 is 0 Å². The minimum Gasteiger partial charge on any atom is -0.662 e. The van der Waals surface area contributed by atoms with Gasteiger partial charge in [-0.15, -0.1) is 0 Å². The molecule has 15 nitrogen and oxygen atoms in total. The first kappa shape index (κ1) is 84.5. The predicted molar refractivity (Wildman–Crippen MR) is 401 cm³/mol. The van der Waals surface area contributed by atoms with Crippen molar-refractivity contribution in [1.29, 1.82) is 0 Å². The first-order valence-corrected chi connectivity index (χ1v) is 46.4. The van der Waals surface area contributed by atoms with Crippen molar-refractivity contribution < 1.29 is 39.4 Å². The van der Waals surface area contributed by atoms with Gasteiger partial charge in [-0.25, -0.2) is 0 Å². The second-order valence-electron chi connectivity index (χ2n) is 28.1. The largest absolute Gasteiger partial charge is 0.662 e. The third-order valence-electron chi connectivity index (χ3n) is 21.8. The van der Waals surface area contributed by atoms with Gasteiger partial charge in [-0.05, 0) is 73.9 Å². The number of nitrogens with zero attached hydrogens (tertiary/aromatic N) is 11. The summed E-state index contributed by atoms with van der Waals surface area (Å²) in [5.74, 6) is 0. The molecular formula is C73H115Cl6Mn3N15-10. The van der Waals surface area contributed by atoms with Crippen molar-refractivity contribution in [3.63, 3.8) is 0 Å². The smallest absolute Gasteiger partial charge is 0.0545 e. The van der Waals surface area contributed by atoms with Crippen molar-refractivity contribution in [3.8, 4) is 0 Å². The predicted octanol–water partition coefficient (Wildman–Crippen LogP) is 20.4. The van der Waals surface area contributed by atoms with Crippen LogP contribution in [0, 0.1) is 14.9 Å². The van der Waals surface area contributed by atoms with E-state index in [0.29, 0.717) is 72.5 Å². The molecule has 0 saturated heterocycles. The Morgan fingerprint density at radius 2 is 0.670 bits per heavy atom. The summed E-state index contributed by atoms with van der Waals surface area (Å²) in [6.07, 6.45) is 37.4. The van der Waals surface area contributed by atoms with Gasteiger partial charge in [0.25, 0.3) is 0 Å². The van der Waals surface area contributed by atoms with Crippen LogP contribution in [-0.4, -0.2) is 127 Å². The zero-order valence-electron chi connectivity index (χ0n) is 58.5. The van der Waals surface area contributed by atoms with E-state index in [4.69, 9.17) is 118 Å². The molecule has 555 valence electrons. The molecule has 24 heteroatoms. The van der Waals surface area contributed by atoms with Crippen molar-refractivity contribution in [3.05, 3.63) is 145 Å². The average molecular weight is 1580 g/mol. The second kappa shape index (κ2) is 47.8. The Labute approximate surface area is 631 Å². The van der Waals surface area contributed by atoms with Crippen LogP contribution in [0.2, 0.25) is 0 Å². The number of hydrogen-bond donors (Lipinski definition) is 4. The molecule has 6 bridgehead atoms. The Bertz CT molecular complexity index is 2460. The van der Waals surface area contributed by atoms with E-state index in [1.807, 2.05) is 0 Å². The van der Waals surface area contributed by atoms with Gasteiger partial charge in [-0.1, -0.05) is 210 Å². The van der Waals surface area contributed by atoms with Crippen LogP contribution in [0.15, 0.2) is 42.5 Å². The normalized spacial score (nSPS) is 33.1. The first-order chi connectivity index (χ1) is 46.7. The van der Waals surface area contributed by atoms with Gasteiger partial charge >= 0.3 is 100.0 Å². The molecule has 6 heterocycles. The molecule has 8 aliphatic carbocycles. The summed E-state index contributed by atoms with van der Waals surface area (Å²) < 4.78 is 0. The monoisotopic (exact) mass is 1580 g/mol. The Morgan fingerprint density at radius 3 is 1.03 bits per heavy atom. The van der Waals surface area contributed by atoms with Gasteiger partial charge in [0, 0.05) is 73.1 Å². The number of fused-ring (bicyclic) bond motifs is 10. The summed E-state index contributed by atoms with van der Waals surface area (Å²) in [7, 11) is 28.8. The molecular weight excluding hydrogens is 1460 g/mol. The molecule has 0 spiro atoms. The molecule has 0 amide bonds. The van der Waals surface area contributed by atoms with Gasteiger partial charge in [-0.3, -0.25) is 15.0 Å². The standard InChI is InChI=1S/C27H39N5.C23H35N5.C21H35N5.2CH3.6ClH.3Mn/c1-3-11-22-20(9-1)28-15-16-29-21-10-2-4-12-23(21)31-25-14-6-8-19-17-18-7-5-13-24(30-22)26(18)32-27(19)25;1-16-18-12-7-13-19(28-18)17(2)27-23-11-6-4-9-21(23)25-15-14-24-20-8-3-5-10-22(20)26-16;1-3-10-20-18(8-1)22-12-13-23-19-9-2-4-11-21(19)25-15-17-7-5-6-16(26-17)14-24-20;;;;;;;;;;;/h17,20-25H,1-16H2;7,12-13,16-17,20-23H,3-6,8-11,14-15H2,1-2H3;5-7,18-25H,1-4,8-15H2;2*1H3;6*1H;;;/q2*-4;;2*-1;;;;;;;3*+2/p-6/t20-,21-,22-,23-,24?,25?;16-,17-,20+,21+,22+,23+;18-,19-,20?,21?;;;;;;;;;;;/m101.........../s1. The van der Waals surface area contributed by atoms with Crippen LogP contribution < -0.4 is 21.3 Å². The molecule has 3 aliphatic heterocycles. The summed E-state index contributed by atoms with van der Waals surface area (Å²) in [4.78, 5) is 15.3. The molecule has 4 unspecified atom stereocenters. The maximum atomic E-state index is 5.47.